The fraction of sp³-hybridized carbons (Fsp3) is 0.286. The molecule has 3 heterocycles. The van der Waals surface area contributed by atoms with Gasteiger partial charge in [-0.1, -0.05) is 72.7 Å². The average Bonchev–Trinajstić information content (AvgIpc) is 3.34. The van der Waals surface area contributed by atoms with Crippen LogP contribution in [-0.2, 0) is 14.3 Å². The number of unbranched alkanes of at least 4 members (excludes halogenated alkanes) is 1. The van der Waals surface area contributed by atoms with Crippen molar-refractivity contribution in [1.29, 1.82) is 0 Å². The molecule has 0 N–H and O–H groups in total. The van der Waals surface area contributed by atoms with Crippen LogP contribution in [0.25, 0.3) is 5.57 Å². The minimum atomic E-state index is -0.832. The molecule has 0 spiro atoms. The summed E-state index contributed by atoms with van der Waals surface area (Å²) in [7, 11) is 0. The molecular weight excluding hydrogens is 510 g/mol. The molecule has 0 radical (unpaired) electrons. The van der Waals surface area contributed by atoms with Crippen LogP contribution in [0.15, 0.2) is 69.6 Å². The van der Waals surface area contributed by atoms with Crippen LogP contribution in [0.1, 0.15) is 50.8 Å². The molecule has 5 rings (SSSR count). The first-order valence-electron chi connectivity index (χ1n) is 12.3. The molecule has 3 aromatic rings. The van der Waals surface area contributed by atoms with Gasteiger partial charge in [-0.05, 0) is 38.0 Å². The van der Waals surface area contributed by atoms with Crippen LogP contribution in [-0.4, -0.2) is 29.6 Å². The number of carbonyl (C=O) groups excluding carboxylic acids is 2. The molecule has 2 aromatic carbocycles. The molecule has 37 heavy (non-hydrogen) atoms. The molecule has 190 valence electrons. The number of aromatic nitrogens is 1. The van der Waals surface area contributed by atoms with E-state index in [4.69, 9.17) is 16.3 Å². The maximum atomic E-state index is 14.1. The van der Waals surface area contributed by atoms with Gasteiger partial charge in [0, 0.05) is 17.1 Å². The van der Waals surface area contributed by atoms with E-state index < -0.39 is 17.6 Å². The lowest BCUT2D eigenvalue weighted by Crippen LogP contribution is -2.41. The molecule has 7 nitrogen and oxygen atoms in total. The van der Waals surface area contributed by atoms with Gasteiger partial charge in [0.15, 0.2) is 4.80 Å². The van der Waals surface area contributed by atoms with Gasteiger partial charge in [0.05, 0.1) is 29.1 Å². The van der Waals surface area contributed by atoms with Crippen molar-refractivity contribution in [3.8, 4) is 0 Å². The molecule has 1 atom stereocenters. The van der Waals surface area contributed by atoms with Gasteiger partial charge >= 0.3 is 5.97 Å². The molecule has 0 fully saturated rings. The maximum Gasteiger partial charge on any atom is 0.338 e. The molecule has 0 saturated heterocycles. The van der Waals surface area contributed by atoms with Crippen molar-refractivity contribution >= 4 is 46.1 Å². The number of hydrogen-bond donors (Lipinski definition) is 0. The fourth-order valence-corrected chi connectivity index (χ4v) is 6.25. The number of thiazole rings is 1. The van der Waals surface area contributed by atoms with E-state index in [0.29, 0.717) is 37.7 Å². The molecule has 2 aliphatic rings. The van der Waals surface area contributed by atoms with Crippen LogP contribution in [0.3, 0.4) is 0 Å². The molecule has 1 amide bonds. The van der Waals surface area contributed by atoms with E-state index in [-0.39, 0.29) is 18.1 Å². The second kappa shape index (κ2) is 10.1. The molecule has 2 aliphatic heterocycles. The van der Waals surface area contributed by atoms with Crippen molar-refractivity contribution in [3.63, 3.8) is 0 Å². The molecule has 1 aromatic heterocycles. The number of esters is 1. The van der Waals surface area contributed by atoms with E-state index in [1.807, 2.05) is 24.3 Å². The molecule has 0 aliphatic carbocycles. The highest BCUT2D eigenvalue weighted by Gasteiger charge is 2.37. The topological polar surface area (TPSA) is 81.0 Å². The number of carbonyl (C=O) groups is 2. The first-order chi connectivity index (χ1) is 17.9. The number of ether oxygens (including phenoxy) is 1. The summed E-state index contributed by atoms with van der Waals surface area (Å²) in [5.74, 6) is -0.754. The molecule has 0 bridgehead atoms. The van der Waals surface area contributed by atoms with Gasteiger partial charge in [-0.25, -0.2) is 9.79 Å². The van der Waals surface area contributed by atoms with Gasteiger partial charge < -0.3 is 9.64 Å². The van der Waals surface area contributed by atoms with Crippen LogP contribution in [0.5, 0.6) is 0 Å². The van der Waals surface area contributed by atoms with E-state index in [1.165, 1.54) is 4.57 Å². The number of halogens is 1. The third-order valence-electron chi connectivity index (χ3n) is 6.58. The number of para-hydroxylation sites is 1. The predicted octanol–water partition coefficient (Wildman–Crippen LogP) is 3.97. The molecule has 9 heteroatoms. The van der Waals surface area contributed by atoms with Crippen molar-refractivity contribution in [2.75, 3.05) is 18.1 Å². The Kier molecular flexibility index (Phi) is 6.88. The highest BCUT2D eigenvalue weighted by atomic mass is 35.5. The van der Waals surface area contributed by atoms with Gasteiger partial charge in [-0.15, -0.1) is 0 Å². The van der Waals surface area contributed by atoms with E-state index >= 15 is 0 Å². The lowest BCUT2D eigenvalue weighted by molar-refractivity contribution is -0.139. The summed E-state index contributed by atoms with van der Waals surface area (Å²) in [6.45, 7) is 6.27. The highest BCUT2D eigenvalue weighted by molar-refractivity contribution is 7.07. The minimum Gasteiger partial charge on any atom is -0.463 e. The zero-order valence-electron chi connectivity index (χ0n) is 20.8. The SMILES string of the molecule is CCCCN1C(=O)C(=c2sc3n(c2=O)[C@H](c2ccccc2Cl)C(C(=O)OCC)=C(C)N=3)c2ccccc21. The normalized spacial score (nSPS) is 18.0. The second-order valence-corrected chi connectivity index (χ2v) is 10.2. The number of fused-ring (bicyclic) bond motifs is 2. The Bertz CT molecular complexity index is 1640. The number of allylic oxidation sites excluding steroid dienone is 1. The summed E-state index contributed by atoms with van der Waals surface area (Å²) in [6, 6.07) is 13.8. The fourth-order valence-electron chi connectivity index (χ4n) is 4.87. The largest absolute Gasteiger partial charge is 0.463 e. The second-order valence-electron chi connectivity index (χ2n) is 8.85. The predicted molar refractivity (Wildman–Crippen MR) is 144 cm³/mol. The van der Waals surface area contributed by atoms with E-state index in [1.54, 1.807) is 43.0 Å². The zero-order chi connectivity index (χ0) is 26.3. The summed E-state index contributed by atoms with van der Waals surface area (Å²) < 4.78 is 7.11. The van der Waals surface area contributed by atoms with Gasteiger partial charge in [-0.3, -0.25) is 14.2 Å². The highest BCUT2D eigenvalue weighted by Crippen LogP contribution is 2.36. The summed E-state index contributed by atoms with van der Waals surface area (Å²) in [5, 5.41) is 0.412. The quantitative estimate of drug-likeness (QED) is 0.447. The third-order valence-corrected chi connectivity index (χ3v) is 7.98. The number of benzene rings is 2. The summed E-state index contributed by atoms with van der Waals surface area (Å²) >= 11 is 7.74. The lowest BCUT2D eigenvalue weighted by Gasteiger charge is -2.25. The van der Waals surface area contributed by atoms with Gasteiger partial charge in [0.2, 0.25) is 0 Å². The van der Waals surface area contributed by atoms with E-state index in [9.17, 15) is 14.4 Å². The Morgan fingerprint density at radius 2 is 1.84 bits per heavy atom. The van der Waals surface area contributed by atoms with E-state index in [2.05, 4.69) is 11.9 Å². The van der Waals surface area contributed by atoms with Crippen LogP contribution < -0.4 is 19.8 Å². The van der Waals surface area contributed by atoms with Gasteiger partial charge in [0.25, 0.3) is 11.5 Å². The van der Waals surface area contributed by atoms with Crippen LogP contribution in [0.2, 0.25) is 5.02 Å². The van der Waals surface area contributed by atoms with Crippen LogP contribution in [0, 0.1) is 0 Å². The Morgan fingerprint density at radius 1 is 1.11 bits per heavy atom. The van der Waals surface area contributed by atoms with Crippen molar-refractivity contribution in [2.24, 2.45) is 4.99 Å². The Balaban J connectivity index is 1.80. The van der Waals surface area contributed by atoms with Crippen molar-refractivity contribution in [3.05, 3.63) is 95.6 Å². The Labute approximate surface area is 223 Å². The third kappa shape index (κ3) is 4.14. The van der Waals surface area contributed by atoms with E-state index in [0.717, 1.165) is 35.4 Å². The van der Waals surface area contributed by atoms with Crippen molar-refractivity contribution < 1.29 is 14.3 Å². The number of amides is 1. The number of nitrogens with zero attached hydrogens (tertiary/aromatic N) is 3. The van der Waals surface area contributed by atoms with Crippen molar-refractivity contribution in [2.45, 2.75) is 39.7 Å². The Morgan fingerprint density at radius 3 is 2.57 bits per heavy atom. The van der Waals surface area contributed by atoms with Crippen LogP contribution >= 0.6 is 22.9 Å². The number of hydrogen-bond acceptors (Lipinski definition) is 6. The molecular formula is C28H26ClN3O4S. The number of rotatable bonds is 6. The Hall–Kier alpha value is -3.49. The van der Waals surface area contributed by atoms with Crippen molar-refractivity contribution in [1.82, 2.24) is 4.57 Å². The average molecular weight is 536 g/mol. The molecule has 0 saturated carbocycles. The maximum absolute atomic E-state index is 14.1. The monoisotopic (exact) mass is 535 g/mol. The summed E-state index contributed by atoms with van der Waals surface area (Å²) in [4.78, 5) is 47.6. The van der Waals surface area contributed by atoms with Gasteiger partial charge in [0.1, 0.15) is 10.6 Å². The number of anilines is 1. The zero-order valence-corrected chi connectivity index (χ0v) is 22.4. The first-order valence-corrected chi connectivity index (χ1v) is 13.5. The summed E-state index contributed by atoms with van der Waals surface area (Å²) in [6.07, 6.45) is 1.79. The lowest BCUT2D eigenvalue weighted by atomic mass is 9.96. The van der Waals surface area contributed by atoms with Gasteiger partial charge in [-0.2, -0.15) is 0 Å². The molecule has 0 unspecified atom stereocenters. The summed E-state index contributed by atoms with van der Waals surface area (Å²) in [5.41, 5.74) is 2.79. The van der Waals surface area contributed by atoms with Crippen LogP contribution in [0.4, 0.5) is 5.69 Å². The standard InChI is InChI=1S/C28H26ClN3O4S/c1-4-6-15-31-20-14-10-8-12-18(20)22(25(31)33)24-26(34)32-23(17-11-7-9-13-19(17)29)21(27(35)36-5-2)16(3)30-28(32)37-24/h7-14,23H,4-6,15H2,1-3H3/t23-/m1/s1. The first kappa shape index (κ1) is 25.2. The minimum absolute atomic E-state index is 0.179. The smallest absolute Gasteiger partial charge is 0.338 e.